The number of nitrogen functional groups attached to an aromatic ring is 1. The van der Waals surface area contributed by atoms with E-state index in [2.05, 4.69) is 16.9 Å². The number of pyridine rings is 1. The number of nitrogens with two attached hydrogens (primary N) is 1. The van der Waals surface area contributed by atoms with E-state index in [-0.39, 0.29) is 0 Å². The molecule has 0 amide bonds. The smallest absolute Gasteiger partial charge is 0.0724 e. The van der Waals surface area contributed by atoms with Gasteiger partial charge in [-0.1, -0.05) is 18.2 Å². The Labute approximate surface area is 98.9 Å². The van der Waals surface area contributed by atoms with Crippen molar-refractivity contribution in [3.8, 4) is 0 Å². The van der Waals surface area contributed by atoms with E-state index in [4.69, 9.17) is 17.3 Å². The Hall–Kier alpha value is -1.74. The molecule has 2 rings (SSSR count). The van der Waals surface area contributed by atoms with Crippen LogP contribution in [0, 0.1) is 0 Å². The van der Waals surface area contributed by atoms with Crippen molar-refractivity contribution in [1.82, 2.24) is 4.98 Å². The summed E-state index contributed by atoms with van der Waals surface area (Å²) in [5.41, 5.74) is 8.45. The maximum atomic E-state index is 6.03. The van der Waals surface area contributed by atoms with Gasteiger partial charge in [-0.25, -0.2) is 0 Å². The Kier molecular flexibility index (Phi) is 2.97. The maximum absolute atomic E-state index is 6.03. The molecule has 82 valence electrons. The molecule has 0 unspecified atom stereocenters. The Morgan fingerprint density at radius 2 is 2.25 bits per heavy atom. The normalized spacial score (nSPS) is 10.3. The number of aromatic nitrogens is 1. The Bertz CT molecular complexity index is 537. The van der Waals surface area contributed by atoms with E-state index in [1.54, 1.807) is 6.20 Å². The highest BCUT2D eigenvalue weighted by Crippen LogP contribution is 2.27. The molecule has 1 aromatic carbocycles. The largest absolute Gasteiger partial charge is 0.397 e. The average Bonchev–Trinajstić information content (AvgIpc) is 2.28. The molecule has 4 heteroatoms. The van der Waals surface area contributed by atoms with Gasteiger partial charge < -0.3 is 11.1 Å². The maximum Gasteiger partial charge on any atom is 0.0724 e. The molecule has 2 aromatic rings. The van der Waals surface area contributed by atoms with Crippen LogP contribution in [-0.4, -0.2) is 11.5 Å². The van der Waals surface area contributed by atoms with Crippen LogP contribution >= 0.6 is 11.6 Å². The zero-order chi connectivity index (χ0) is 11.5. The average molecular weight is 234 g/mol. The van der Waals surface area contributed by atoms with Crippen LogP contribution in [0.3, 0.4) is 0 Å². The SMILES string of the molecule is C=C(Cl)CNc1ccc2ncccc2c1N. The van der Waals surface area contributed by atoms with E-state index in [1.807, 2.05) is 24.3 Å². The van der Waals surface area contributed by atoms with Gasteiger partial charge in [0.1, 0.15) is 0 Å². The minimum Gasteiger partial charge on any atom is -0.397 e. The molecule has 0 atom stereocenters. The van der Waals surface area contributed by atoms with Crippen molar-refractivity contribution in [2.24, 2.45) is 0 Å². The fourth-order valence-corrected chi connectivity index (χ4v) is 1.59. The summed E-state index contributed by atoms with van der Waals surface area (Å²) in [6.45, 7) is 4.11. The second kappa shape index (κ2) is 4.41. The van der Waals surface area contributed by atoms with Gasteiger partial charge in [-0.05, 0) is 24.3 Å². The fourth-order valence-electron chi connectivity index (χ4n) is 1.52. The second-order valence-corrected chi connectivity index (χ2v) is 4.00. The summed E-state index contributed by atoms with van der Waals surface area (Å²) in [4.78, 5) is 4.23. The lowest BCUT2D eigenvalue weighted by Crippen LogP contribution is -2.04. The van der Waals surface area contributed by atoms with Gasteiger partial charge in [0.05, 0.1) is 23.4 Å². The van der Waals surface area contributed by atoms with Gasteiger partial charge in [0.25, 0.3) is 0 Å². The van der Waals surface area contributed by atoms with Crippen LogP contribution in [0.25, 0.3) is 10.9 Å². The fraction of sp³-hybridized carbons (Fsp3) is 0.0833. The summed E-state index contributed by atoms with van der Waals surface area (Å²) in [6, 6.07) is 7.62. The van der Waals surface area contributed by atoms with E-state index in [9.17, 15) is 0 Å². The molecule has 0 aliphatic heterocycles. The van der Waals surface area contributed by atoms with Crippen LogP contribution in [-0.2, 0) is 0 Å². The minimum atomic E-state index is 0.498. The molecule has 0 radical (unpaired) electrons. The number of halogens is 1. The first-order valence-electron chi connectivity index (χ1n) is 4.89. The molecule has 0 saturated carbocycles. The molecule has 0 aliphatic rings. The predicted octanol–water partition coefficient (Wildman–Crippen LogP) is 2.98. The Balaban J connectivity index is 2.40. The van der Waals surface area contributed by atoms with Crippen molar-refractivity contribution in [3.63, 3.8) is 0 Å². The van der Waals surface area contributed by atoms with Gasteiger partial charge in [0.2, 0.25) is 0 Å². The molecular weight excluding hydrogens is 222 g/mol. The molecule has 0 aliphatic carbocycles. The van der Waals surface area contributed by atoms with Crippen LogP contribution < -0.4 is 11.1 Å². The quantitative estimate of drug-likeness (QED) is 0.802. The third kappa shape index (κ3) is 2.09. The van der Waals surface area contributed by atoms with Crippen LogP contribution in [0.2, 0.25) is 0 Å². The molecule has 0 bridgehead atoms. The summed E-state index contributed by atoms with van der Waals surface area (Å²) in [5, 5.41) is 4.60. The molecule has 0 saturated heterocycles. The van der Waals surface area contributed by atoms with Crippen molar-refractivity contribution in [2.75, 3.05) is 17.6 Å². The number of benzene rings is 1. The van der Waals surface area contributed by atoms with Crippen LogP contribution in [0.5, 0.6) is 0 Å². The van der Waals surface area contributed by atoms with Gasteiger partial charge in [-0.15, -0.1) is 0 Å². The molecule has 0 fully saturated rings. The minimum absolute atomic E-state index is 0.498. The highest BCUT2D eigenvalue weighted by Gasteiger charge is 2.04. The molecular formula is C12H12ClN3. The molecule has 0 spiro atoms. The molecule has 1 heterocycles. The Morgan fingerprint density at radius 3 is 3.00 bits per heavy atom. The molecule has 1 aromatic heterocycles. The number of anilines is 2. The van der Waals surface area contributed by atoms with Gasteiger partial charge in [0.15, 0.2) is 0 Å². The van der Waals surface area contributed by atoms with Crippen molar-refractivity contribution in [3.05, 3.63) is 42.1 Å². The number of hydrogen-bond acceptors (Lipinski definition) is 3. The van der Waals surface area contributed by atoms with E-state index in [0.717, 1.165) is 16.6 Å². The third-order valence-corrected chi connectivity index (χ3v) is 2.43. The van der Waals surface area contributed by atoms with E-state index in [1.165, 1.54) is 0 Å². The molecule has 3 N–H and O–H groups in total. The first-order valence-corrected chi connectivity index (χ1v) is 5.26. The summed E-state index contributed by atoms with van der Waals surface area (Å²) in [7, 11) is 0. The standard InChI is InChI=1S/C12H12ClN3/c1-8(13)7-16-11-5-4-10-9(12(11)14)3-2-6-15-10/h2-6,16H,1,7,14H2. The topological polar surface area (TPSA) is 50.9 Å². The van der Waals surface area contributed by atoms with Crippen LogP contribution in [0.1, 0.15) is 0 Å². The van der Waals surface area contributed by atoms with Gasteiger partial charge in [-0.2, -0.15) is 0 Å². The highest BCUT2D eigenvalue weighted by molar-refractivity contribution is 6.29. The monoisotopic (exact) mass is 233 g/mol. The number of nitrogens with one attached hydrogen (secondary N) is 1. The summed E-state index contributed by atoms with van der Waals surface area (Å²) < 4.78 is 0. The predicted molar refractivity (Wildman–Crippen MR) is 69.6 cm³/mol. The summed E-state index contributed by atoms with van der Waals surface area (Å²) in [6.07, 6.45) is 1.75. The summed E-state index contributed by atoms with van der Waals surface area (Å²) in [5.74, 6) is 0. The first-order chi connectivity index (χ1) is 7.68. The number of fused-ring (bicyclic) bond motifs is 1. The van der Waals surface area contributed by atoms with E-state index >= 15 is 0 Å². The lowest BCUT2D eigenvalue weighted by Gasteiger charge is -2.10. The van der Waals surface area contributed by atoms with E-state index < -0.39 is 0 Å². The van der Waals surface area contributed by atoms with E-state index in [0.29, 0.717) is 17.3 Å². The van der Waals surface area contributed by atoms with Gasteiger partial charge in [-0.3, -0.25) is 4.98 Å². The van der Waals surface area contributed by atoms with Gasteiger partial charge >= 0.3 is 0 Å². The highest BCUT2D eigenvalue weighted by atomic mass is 35.5. The lowest BCUT2D eigenvalue weighted by molar-refractivity contribution is 1.32. The molecule has 3 nitrogen and oxygen atoms in total. The molecule has 16 heavy (non-hydrogen) atoms. The number of nitrogens with zero attached hydrogens (tertiary/aromatic N) is 1. The van der Waals surface area contributed by atoms with Crippen LogP contribution in [0.15, 0.2) is 42.1 Å². The van der Waals surface area contributed by atoms with Crippen molar-refractivity contribution in [1.29, 1.82) is 0 Å². The number of rotatable bonds is 3. The zero-order valence-electron chi connectivity index (χ0n) is 8.70. The van der Waals surface area contributed by atoms with Crippen molar-refractivity contribution >= 4 is 33.9 Å². The first kappa shape index (κ1) is 10.8. The van der Waals surface area contributed by atoms with Crippen molar-refractivity contribution in [2.45, 2.75) is 0 Å². The second-order valence-electron chi connectivity index (χ2n) is 3.47. The lowest BCUT2D eigenvalue weighted by atomic mass is 10.1. The summed E-state index contributed by atoms with van der Waals surface area (Å²) >= 11 is 5.69. The van der Waals surface area contributed by atoms with Gasteiger partial charge in [0, 0.05) is 16.6 Å². The third-order valence-electron chi connectivity index (χ3n) is 2.30. The van der Waals surface area contributed by atoms with Crippen molar-refractivity contribution < 1.29 is 0 Å². The van der Waals surface area contributed by atoms with Crippen LogP contribution in [0.4, 0.5) is 11.4 Å². The zero-order valence-corrected chi connectivity index (χ0v) is 9.46. The number of hydrogen-bond donors (Lipinski definition) is 2. The Morgan fingerprint density at radius 1 is 1.44 bits per heavy atom.